The largest absolute Gasteiger partial charge is 0.309 e. The highest BCUT2D eigenvalue weighted by Crippen LogP contribution is 2.25. The molecule has 1 saturated heterocycles. The first-order valence-corrected chi connectivity index (χ1v) is 8.65. The minimum absolute atomic E-state index is 0.476. The van der Waals surface area contributed by atoms with E-state index < -0.39 is 0 Å². The fraction of sp³-hybridized carbons (Fsp3) is 0.684. The van der Waals surface area contributed by atoms with Crippen molar-refractivity contribution < 1.29 is 0 Å². The third kappa shape index (κ3) is 4.55. The van der Waals surface area contributed by atoms with Gasteiger partial charge in [0, 0.05) is 12.6 Å². The van der Waals surface area contributed by atoms with Crippen molar-refractivity contribution in [2.45, 2.75) is 59.4 Å². The van der Waals surface area contributed by atoms with Crippen molar-refractivity contribution in [1.82, 2.24) is 10.2 Å². The van der Waals surface area contributed by atoms with E-state index in [9.17, 15) is 0 Å². The maximum atomic E-state index is 3.79. The Morgan fingerprint density at radius 2 is 1.67 bits per heavy atom. The van der Waals surface area contributed by atoms with Crippen LogP contribution < -0.4 is 5.32 Å². The van der Waals surface area contributed by atoms with Crippen LogP contribution in [0.4, 0.5) is 0 Å². The molecule has 0 radical (unpaired) electrons. The number of nitrogens with zero attached hydrogens (tertiary/aromatic N) is 1. The molecular weight excluding hydrogens is 256 g/mol. The van der Waals surface area contributed by atoms with Gasteiger partial charge >= 0.3 is 0 Å². The zero-order valence-electron chi connectivity index (χ0n) is 14.3. The van der Waals surface area contributed by atoms with Crippen LogP contribution in [-0.2, 0) is 0 Å². The standard InChI is InChI=1S/C19H32N2/c1-5-9-20-18(14-21-10-7-6-8-11-21)19-16(3)12-15(2)13-17(19)4/h12-13,18,20H,5-11,14H2,1-4H3. The number of rotatable bonds is 6. The van der Waals surface area contributed by atoms with Gasteiger partial charge in [0.25, 0.3) is 0 Å². The minimum atomic E-state index is 0.476. The molecule has 2 heteroatoms. The first kappa shape index (κ1) is 16.5. The lowest BCUT2D eigenvalue weighted by Crippen LogP contribution is -2.39. The van der Waals surface area contributed by atoms with E-state index in [2.05, 4.69) is 50.0 Å². The van der Waals surface area contributed by atoms with E-state index in [4.69, 9.17) is 0 Å². The van der Waals surface area contributed by atoms with Crippen LogP contribution in [0.25, 0.3) is 0 Å². The molecule has 0 aliphatic carbocycles. The molecule has 1 atom stereocenters. The molecule has 0 saturated carbocycles. The van der Waals surface area contributed by atoms with Gasteiger partial charge in [0.1, 0.15) is 0 Å². The van der Waals surface area contributed by atoms with Gasteiger partial charge in [-0.25, -0.2) is 0 Å². The lowest BCUT2D eigenvalue weighted by atomic mass is 9.93. The minimum Gasteiger partial charge on any atom is -0.309 e. The van der Waals surface area contributed by atoms with Crippen molar-refractivity contribution in [3.05, 3.63) is 34.4 Å². The summed E-state index contributed by atoms with van der Waals surface area (Å²) in [7, 11) is 0. The van der Waals surface area contributed by atoms with Crippen LogP contribution >= 0.6 is 0 Å². The smallest absolute Gasteiger partial charge is 0.0454 e. The van der Waals surface area contributed by atoms with Crippen molar-refractivity contribution in [3.63, 3.8) is 0 Å². The molecule has 1 aliphatic heterocycles. The second kappa shape index (κ2) is 7.95. The van der Waals surface area contributed by atoms with Crippen LogP contribution in [0.5, 0.6) is 0 Å². The van der Waals surface area contributed by atoms with Gasteiger partial charge in [-0.2, -0.15) is 0 Å². The van der Waals surface area contributed by atoms with Gasteiger partial charge in [0.15, 0.2) is 0 Å². The Morgan fingerprint density at radius 3 is 2.24 bits per heavy atom. The van der Waals surface area contributed by atoms with Crippen molar-refractivity contribution in [1.29, 1.82) is 0 Å². The number of benzene rings is 1. The van der Waals surface area contributed by atoms with E-state index >= 15 is 0 Å². The molecule has 1 fully saturated rings. The lowest BCUT2D eigenvalue weighted by molar-refractivity contribution is 0.205. The van der Waals surface area contributed by atoms with Crippen molar-refractivity contribution >= 4 is 0 Å². The molecule has 21 heavy (non-hydrogen) atoms. The summed E-state index contributed by atoms with van der Waals surface area (Å²) < 4.78 is 0. The number of aryl methyl sites for hydroxylation is 3. The number of nitrogens with one attached hydrogen (secondary N) is 1. The fourth-order valence-corrected chi connectivity index (χ4v) is 3.72. The summed E-state index contributed by atoms with van der Waals surface area (Å²) in [5, 5.41) is 3.79. The zero-order valence-corrected chi connectivity index (χ0v) is 14.3. The first-order valence-electron chi connectivity index (χ1n) is 8.65. The van der Waals surface area contributed by atoms with Crippen molar-refractivity contribution in [3.8, 4) is 0 Å². The Hall–Kier alpha value is -0.860. The third-order valence-corrected chi connectivity index (χ3v) is 4.62. The van der Waals surface area contributed by atoms with E-state index in [1.54, 1.807) is 0 Å². The molecule has 0 spiro atoms. The molecule has 0 amide bonds. The average molecular weight is 288 g/mol. The third-order valence-electron chi connectivity index (χ3n) is 4.62. The molecule has 0 aromatic heterocycles. The van der Waals surface area contributed by atoms with Crippen LogP contribution in [0.1, 0.15) is 60.9 Å². The Morgan fingerprint density at radius 1 is 1.05 bits per heavy atom. The highest BCUT2D eigenvalue weighted by atomic mass is 15.2. The number of hydrogen-bond acceptors (Lipinski definition) is 2. The average Bonchev–Trinajstić information content (AvgIpc) is 2.44. The number of piperidine rings is 1. The van der Waals surface area contributed by atoms with Gasteiger partial charge in [-0.15, -0.1) is 0 Å². The molecule has 2 rings (SSSR count). The Bertz CT molecular complexity index is 424. The molecule has 1 aromatic rings. The Balaban J connectivity index is 2.18. The molecule has 1 aromatic carbocycles. The lowest BCUT2D eigenvalue weighted by Gasteiger charge is -2.32. The van der Waals surface area contributed by atoms with E-state index in [0.29, 0.717) is 6.04 Å². The van der Waals surface area contributed by atoms with Crippen molar-refractivity contribution in [2.75, 3.05) is 26.2 Å². The van der Waals surface area contributed by atoms with E-state index in [-0.39, 0.29) is 0 Å². The summed E-state index contributed by atoms with van der Waals surface area (Å²) in [6.45, 7) is 13.8. The summed E-state index contributed by atoms with van der Waals surface area (Å²) in [5.41, 5.74) is 5.79. The first-order chi connectivity index (χ1) is 10.1. The molecule has 1 unspecified atom stereocenters. The fourth-order valence-electron chi connectivity index (χ4n) is 3.72. The predicted octanol–water partition coefficient (Wildman–Crippen LogP) is 4.14. The van der Waals surface area contributed by atoms with Gasteiger partial charge in [-0.05, 0) is 76.4 Å². The highest BCUT2D eigenvalue weighted by molar-refractivity contribution is 5.39. The van der Waals surface area contributed by atoms with Gasteiger partial charge in [-0.1, -0.05) is 31.0 Å². The summed E-state index contributed by atoms with van der Waals surface area (Å²) in [5.74, 6) is 0. The summed E-state index contributed by atoms with van der Waals surface area (Å²) in [6, 6.07) is 5.14. The zero-order chi connectivity index (χ0) is 15.2. The summed E-state index contributed by atoms with van der Waals surface area (Å²) in [4.78, 5) is 2.65. The molecule has 1 N–H and O–H groups in total. The number of likely N-dealkylation sites (tertiary alicyclic amines) is 1. The number of hydrogen-bond donors (Lipinski definition) is 1. The Kier molecular flexibility index (Phi) is 6.25. The molecule has 1 heterocycles. The molecule has 118 valence electrons. The predicted molar refractivity (Wildman–Crippen MR) is 92.0 cm³/mol. The normalized spacial score (nSPS) is 17.9. The van der Waals surface area contributed by atoms with Crippen LogP contribution in [-0.4, -0.2) is 31.1 Å². The second-order valence-corrected chi connectivity index (χ2v) is 6.68. The van der Waals surface area contributed by atoms with E-state index in [1.807, 2.05) is 0 Å². The van der Waals surface area contributed by atoms with Crippen LogP contribution in [0.15, 0.2) is 12.1 Å². The monoisotopic (exact) mass is 288 g/mol. The molecule has 1 aliphatic rings. The van der Waals surface area contributed by atoms with Gasteiger partial charge < -0.3 is 10.2 Å². The van der Waals surface area contributed by atoms with Gasteiger partial charge in [0.05, 0.1) is 0 Å². The quantitative estimate of drug-likeness (QED) is 0.846. The summed E-state index contributed by atoms with van der Waals surface area (Å²) in [6.07, 6.45) is 5.34. The second-order valence-electron chi connectivity index (χ2n) is 6.68. The Labute approximate surface area is 130 Å². The SMILES string of the molecule is CCCNC(CN1CCCCC1)c1c(C)cc(C)cc1C. The van der Waals surface area contributed by atoms with Crippen LogP contribution in [0.2, 0.25) is 0 Å². The van der Waals surface area contributed by atoms with Crippen LogP contribution in [0.3, 0.4) is 0 Å². The van der Waals surface area contributed by atoms with Crippen LogP contribution in [0, 0.1) is 20.8 Å². The van der Waals surface area contributed by atoms with Gasteiger partial charge in [0.2, 0.25) is 0 Å². The van der Waals surface area contributed by atoms with E-state index in [0.717, 1.165) is 13.1 Å². The molecular formula is C19H32N2. The van der Waals surface area contributed by atoms with Gasteiger partial charge in [-0.3, -0.25) is 0 Å². The highest BCUT2D eigenvalue weighted by Gasteiger charge is 2.20. The summed E-state index contributed by atoms with van der Waals surface area (Å²) >= 11 is 0. The maximum absolute atomic E-state index is 3.79. The van der Waals surface area contributed by atoms with E-state index in [1.165, 1.54) is 61.0 Å². The van der Waals surface area contributed by atoms with Crippen molar-refractivity contribution in [2.24, 2.45) is 0 Å². The topological polar surface area (TPSA) is 15.3 Å². The molecule has 0 bridgehead atoms. The molecule has 2 nitrogen and oxygen atoms in total. The maximum Gasteiger partial charge on any atom is 0.0454 e.